The van der Waals surface area contributed by atoms with Crippen molar-refractivity contribution < 1.29 is 8.78 Å². The Morgan fingerprint density at radius 3 is 2.64 bits per heavy atom. The highest BCUT2D eigenvalue weighted by atomic mass is 127. The third-order valence-corrected chi connectivity index (χ3v) is 3.93. The van der Waals surface area contributed by atoms with Crippen LogP contribution in [0.3, 0.4) is 0 Å². The van der Waals surface area contributed by atoms with E-state index in [0.29, 0.717) is 6.42 Å². The number of rotatable bonds is 1. The van der Waals surface area contributed by atoms with E-state index in [1.165, 1.54) is 0 Å². The predicted molar refractivity (Wildman–Crippen MR) is 49.5 cm³/mol. The molecule has 0 aromatic heterocycles. The predicted octanol–water partition coefficient (Wildman–Crippen LogP) is 2.20. The van der Waals surface area contributed by atoms with Gasteiger partial charge in [-0.15, -0.1) is 0 Å². The van der Waals surface area contributed by atoms with E-state index in [9.17, 15) is 8.78 Å². The lowest BCUT2D eigenvalue weighted by atomic mass is 9.92. The molecule has 0 radical (unpaired) electrons. The van der Waals surface area contributed by atoms with Crippen LogP contribution in [-0.4, -0.2) is 22.9 Å². The quantitative estimate of drug-likeness (QED) is 0.571. The van der Waals surface area contributed by atoms with Crippen molar-refractivity contribution in [1.29, 1.82) is 0 Å². The van der Waals surface area contributed by atoms with Gasteiger partial charge < -0.3 is 5.32 Å². The maximum absolute atomic E-state index is 13.0. The van der Waals surface area contributed by atoms with Crippen LogP contribution in [0.15, 0.2) is 0 Å². The Morgan fingerprint density at radius 2 is 2.18 bits per heavy atom. The molecule has 1 aliphatic rings. The van der Waals surface area contributed by atoms with Crippen molar-refractivity contribution >= 4 is 22.6 Å². The minimum atomic E-state index is -2.47. The minimum Gasteiger partial charge on any atom is -0.316 e. The van der Waals surface area contributed by atoms with Crippen molar-refractivity contribution in [1.82, 2.24) is 5.32 Å². The van der Waals surface area contributed by atoms with Crippen molar-refractivity contribution in [3.05, 3.63) is 0 Å². The highest BCUT2D eigenvalue weighted by molar-refractivity contribution is 14.1. The number of nitrogens with one attached hydrogen (secondary N) is 1. The number of halogens is 3. The maximum atomic E-state index is 13.0. The van der Waals surface area contributed by atoms with Gasteiger partial charge in [-0.2, -0.15) is 0 Å². The first-order valence-corrected chi connectivity index (χ1v) is 5.01. The van der Waals surface area contributed by atoms with E-state index in [1.54, 1.807) is 7.05 Å². The monoisotopic (exact) mass is 275 g/mol. The van der Waals surface area contributed by atoms with Crippen LogP contribution in [0.2, 0.25) is 0 Å². The summed E-state index contributed by atoms with van der Waals surface area (Å²) in [4.78, 5) is 0. The van der Waals surface area contributed by atoms with Crippen LogP contribution in [0.4, 0.5) is 8.78 Å². The third kappa shape index (κ3) is 2.02. The zero-order chi connectivity index (χ0) is 8.48. The fraction of sp³-hybridized carbons (Fsp3) is 1.00. The topological polar surface area (TPSA) is 12.0 Å². The molecular formula is C7H12F2IN. The van der Waals surface area contributed by atoms with Crippen molar-refractivity contribution in [2.24, 2.45) is 0 Å². The van der Waals surface area contributed by atoms with E-state index in [0.717, 1.165) is 6.42 Å². The summed E-state index contributed by atoms with van der Waals surface area (Å²) in [6, 6.07) is -0.0145. The summed E-state index contributed by atoms with van der Waals surface area (Å²) in [6.45, 7) is 0. The second-order valence-electron chi connectivity index (χ2n) is 2.95. The Labute approximate surface area is 79.1 Å². The normalized spacial score (nSPS) is 37.1. The first-order chi connectivity index (χ1) is 5.08. The lowest BCUT2D eigenvalue weighted by Gasteiger charge is -2.34. The summed E-state index contributed by atoms with van der Waals surface area (Å²) >= 11 is 1.85. The van der Waals surface area contributed by atoms with Crippen molar-refractivity contribution in [3.63, 3.8) is 0 Å². The molecule has 1 saturated carbocycles. The van der Waals surface area contributed by atoms with Gasteiger partial charge in [0, 0.05) is 12.5 Å². The summed E-state index contributed by atoms with van der Waals surface area (Å²) in [5.41, 5.74) is 0. The van der Waals surface area contributed by atoms with E-state index in [4.69, 9.17) is 0 Å². The molecular weight excluding hydrogens is 263 g/mol. The number of hydrogen-bond donors (Lipinski definition) is 1. The van der Waals surface area contributed by atoms with E-state index < -0.39 is 9.85 Å². The summed E-state index contributed by atoms with van der Waals surface area (Å²) in [6.07, 6.45) is 1.57. The highest BCUT2D eigenvalue weighted by Crippen LogP contribution is 2.38. The van der Waals surface area contributed by atoms with Gasteiger partial charge in [-0.3, -0.25) is 0 Å². The lowest BCUT2D eigenvalue weighted by Crippen LogP contribution is -2.48. The largest absolute Gasteiger partial charge is 0.316 e. The van der Waals surface area contributed by atoms with Gasteiger partial charge in [0.2, 0.25) is 0 Å². The summed E-state index contributed by atoms with van der Waals surface area (Å²) in [7, 11) is 1.75. The number of alkyl halides is 3. The van der Waals surface area contributed by atoms with E-state index in [-0.39, 0.29) is 12.5 Å². The molecule has 0 unspecified atom stereocenters. The minimum absolute atomic E-state index is 0.0145. The molecule has 2 atom stereocenters. The number of hydrogen-bond acceptors (Lipinski definition) is 1. The molecule has 0 amide bonds. The smallest absolute Gasteiger partial charge is 0.261 e. The molecule has 0 aromatic carbocycles. The summed E-state index contributed by atoms with van der Waals surface area (Å²) < 4.78 is 25.4. The summed E-state index contributed by atoms with van der Waals surface area (Å²) in [5, 5.41) is 2.92. The van der Waals surface area contributed by atoms with Gasteiger partial charge in [0.25, 0.3) is 5.92 Å². The first-order valence-electron chi connectivity index (χ1n) is 3.77. The molecule has 0 heterocycles. The van der Waals surface area contributed by atoms with Gasteiger partial charge in [0.1, 0.15) is 0 Å². The average Bonchev–Trinajstić information content (AvgIpc) is 1.95. The zero-order valence-corrected chi connectivity index (χ0v) is 8.57. The Bertz CT molecular complexity index is 140. The molecule has 1 N–H and O–H groups in total. The molecule has 4 heteroatoms. The molecule has 1 nitrogen and oxygen atoms in total. The fourth-order valence-corrected chi connectivity index (χ4v) is 2.46. The first kappa shape index (κ1) is 9.64. The molecule has 66 valence electrons. The molecule has 0 aromatic rings. The second-order valence-corrected chi connectivity index (χ2v) is 4.29. The third-order valence-electron chi connectivity index (χ3n) is 2.15. The van der Waals surface area contributed by atoms with Gasteiger partial charge in [0.15, 0.2) is 0 Å². The molecule has 0 aliphatic heterocycles. The van der Waals surface area contributed by atoms with Gasteiger partial charge >= 0.3 is 0 Å². The molecule has 0 bridgehead atoms. The van der Waals surface area contributed by atoms with Crippen LogP contribution < -0.4 is 5.32 Å². The SMILES string of the molecule is CN[C@H]1CCCC(F)(F)[C@H]1I. The Kier molecular flexibility index (Phi) is 3.08. The van der Waals surface area contributed by atoms with E-state index in [1.807, 2.05) is 22.6 Å². The molecule has 1 rings (SSSR count). The maximum Gasteiger partial charge on any atom is 0.261 e. The van der Waals surface area contributed by atoms with Crippen molar-refractivity contribution in [3.8, 4) is 0 Å². The van der Waals surface area contributed by atoms with Gasteiger partial charge in [0.05, 0.1) is 3.92 Å². The van der Waals surface area contributed by atoms with Gasteiger partial charge in [-0.05, 0) is 19.9 Å². The fourth-order valence-electron chi connectivity index (χ4n) is 1.43. The van der Waals surface area contributed by atoms with Gasteiger partial charge in [-0.25, -0.2) is 8.78 Å². The molecule has 1 aliphatic carbocycles. The van der Waals surface area contributed by atoms with Crippen LogP contribution in [0, 0.1) is 0 Å². The zero-order valence-electron chi connectivity index (χ0n) is 6.41. The van der Waals surface area contributed by atoms with Crippen LogP contribution in [0.1, 0.15) is 19.3 Å². The molecule has 1 fully saturated rings. The van der Waals surface area contributed by atoms with Crippen LogP contribution in [-0.2, 0) is 0 Å². The van der Waals surface area contributed by atoms with Gasteiger partial charge in [-0.1, -0.05) is 22.6 Å². The van der Waals surface area contributed by atoms with Crippen molar-refractivity contribution in [2.75, 3.05) is 7.05 Å². The Morgan fingerprint density at radius 1 is 1.55 bits per heavy atom. The Balaban J connectivity index is 2.60. The van der Waals surface area contributed by atoms with E-state index >= 15 is 0 Å². The molecule has 0 spiro atoms. The average molecular weight is 275 g/mol. The molecule has 0 saturated heterocycles. The van der Waals surface area contributed by atoms with Crippen LogP contribution >= 0.6 is 22.6 Å². The Hall–Kier alpha value is 0.550. The molecule has 11 heavy (non-hydrogen) atoms. The second kappa shape index (κ2) is 3.51. The standard InChI is InChI=1S/C7H12F2IN/c1-11-5-3-2-4-7(8,9)6(5)10/h5-6,11H,2-4H2,1H3/t5-,6-/m0/s1. The summed E-state index contributed by atoms with van der Waals surface area (Å²) in [5.74, 6) is -2.47. The lowest BCUT2D eigenvalue weighted by molar-refractivity contribution is -0.0309. The van der Waals surface area contributed by atoms with Crippen molar-refractivity contribution in [2.45, 2.75) is 35.2 Å². The van der Waals surface area contributed by atoms with E-state index in [2.05, 4.69) is 5.32 Å². The van der Waals surface area contributed by atoms with Crippen LogP contribution in [0.5, 0.6) is 0 Å². The van der Waals surface area contributed by atoms with Crippen LogP contribution in [0.25, 0.3) is 0 Å². The highest BCUT2D eigenvalue weighted by Gasteiger charge is 2.44.